The highest BCUT2D eigenvalue weighted by atomic mass is 32.2. The second kappa shape index (κ2) is 13.0. The second-order valence-corrected chi connectivity index (χ2v) is 9.33. The molecule has 1 rings (SSSR count). The van der Waals surface area contributed by atoms with Gasteiger partial charge in [0, 0.05) is 10.5 Å². The molecule has 144 valence electrons. The maximum absolute atomic E-state index is 2.38. The van der Waals surface area contributed by atoms with Gasteiger partial charge in [-0.3, -0.25) is 0 Å². The summed E-state index contributed by atoms with van der Waals surface area (Å²) in [6.07, 6.45) is 15.8. The molecule has 0 fully saturated rings. The Morgan fingerprint density at radius 1 is 1.08 bits per heavy atom. The van der Waals surface area contributed by atoms with Crippen molar-refractivity contribution >= 4 is 11.8 Å². The molecule has 0 bridgehead atoms. The van der Waals surface area contributed by atoms with Crippen molar-refractivity contribution in [1.82, 2.24) is 0 Å². The highest BCUT2D eigenvalue weighted by molar-refractivity contribution is 8.00. The third-order valence-electron chi connectivity index (χ3n) is 4.42. The zero-order chi connectivity index (χ0) is 19.4. The Hall–Kier alpha value is -1.21. The maximum atomic E-state index is 2.38. The van der Waals surface area contributed by atoms with Crippen LogP contribution in [0.15, 0.2) is 60.2 Å². The van der Waals surface area contributed by atoms with Crippen LogP contribution >= 0.6 is 11.8 Å². The standard InChI is InChI=1S/C25H38S/c1-7-9-10-13-23(8-2)14-11-15-24-16-12-17-25(19-24)22(6)26-21(5)18-20(3)4/h8,10-14,16-17,19-22H,7,9,15,18H2,1-6H3/b13-10-,14-11+,23-8+. The third kappa shape index (κ3) is 9.48. The van der Waals surface area contributed by atoms with Gasteiger partial charge in [-0.2, -0.15) is 11.8 Å². The molecule has 26 heavy (non-hydrogen) atoms. The Labute approximate surface area is 166 Å². The summed E-state index contributed by atoms with van der Waals surface area (Å²) in [5, 5.41) is 1.26. The SMILES string of the molecule is C/C=C(\C=C/CCC)/C=C/Cc1cccc(C(C)SC(C)CC(C)C)c1. The van der Waals surface area contributed by atoms with Crippen molar-refractivity contribution in [3.63, 3.8) is 0 Å². The van der Waals surface area contributed by atoms with Crippen LogP contribution in [0.2, 0.25) is 0 Å². The number of thioether (sulfide) groups is 1. The van der Waals surface area contributed by atoms with Gasteiger partial charge in [-0.05, 0) is 55.7 Å². The van der Waals surface area contributed by atoms with Crippen molar-refractivity contribution < 1.29 is 0 Å². The first-order valence-electron chi connectivity index (χ1n) is 10.2. The van der Waals surface area contributed by atoms with E-state index in [1.807, 2.05) is 0 Å². The first-order chi connectivity index (χ1) is 12.5. The predicted molar refractivity (Wildman–Crippen MR) is 122 cm³/mol. The molecule has 1 aromatic rings. The molecule has 0 radical (unpaired) electrons. The van der Waals surface area contributed by atoms with E-state index in [0.717, 1.165) is 18.8 Å². The van der Waals surface area contributed by atoms with E-state index in [9.17, 15) is 0 Å². The lowest BCUT2D eigenvalue weighted by molar-refractivity contribution is 0.584. The number of rotatable bonds is 11. The lowest BCUT2D eigenvalue weighted by atomic mass is 10.1. The lowest BCUT2D eigenvalue weighted by Crippen LogP contribution is -2.04. The summed E-state index contributed by atoms with van der Waals surface area (Å²) in [5.74, 6) is 0.772. The van der Waals surface area contributed by atoms with Crippen molar-refractivity contribution in [3.8, 4) is 0 Å². The molecule has 0 aliphatic heterocycles. The molecule has 0 heterocycles. The average molecular weight is 371 g/mol. The van der Waals surface area contributed by atoms with Gasteiger partial charge in [-0.25, -0.2) is 0 Å². The predicted octanol–water partition coefficient (Wildman–Crippen LogP) is 8.32. The van der Waals surface area contributed by atoms with Gasteiger partial charge in [0.2, 0.25) is 0 Å². The molecular weight excluding hydrogens is 332 g/mol. The molecule has 0 aliphatic carbocycles. The maximum Gasteiger partial charge on any atom is 0.0271 e. The van der Waals surface area contributed by atoms with Crippen molar-refractivity contribution in [2.24, 2.45) is 5.92 Å². The van der Waals surface area contributed by atoms with E-state index in [2.05, 4.69) is 108 Å². The van der Waals surface area contributed by atoms with Crippen molar-refractivity contribution in [3.05, 3.63) is 71.3 Å². The van der Waals surface area contributed by atoms with E-state index in [1.165, 1.54) is 29.5 Å². The molecule has 0 nitrogen and oxygen atoms in total. The third-order valence-corrected chi connectivity index (χ3v) is 5.76. The van der Waals surface area contributed by atoms with Gasteiger partial charge in [-0.15, -0.1) is 0 Å². The fraction of sp³-hybridized carbons (Fsp3) is 0.520. The van der Waals surface area contributed by atoms with Crippen LogP contribution in [0.3, 0.4) is 0 Å². The zero-order valence-corrected chi connectivity index (χ0v) is 18.5. The monoisotopic (exact) mass is 370 g/mol. The van der Waals surface area contributed by atoms with Crippen molar-refractivity contribution in [2.75, 3.05) is 0 Å². The van der Waals surface area contributed by atoms with Crippen LogP contribution in [0, 0.1) is 5.92 Å². The minimum absolute atomic E-state index is 0.552. The molecular formula is C25H38S. The van der Waals surface area contributed by atoms with Crippen LogP contribution in [-0.2, 0) is 6.42 Å². The minimum Gasteiger partial charge on any atom is -0.151 e. The molecule has 0 amide bonds. The number of benzene rings is 1. The normalized spacial score (nSPS) is 15.3. The number of hydrogen-bond acceptors (Lipinski definition) is 1. The molecule has 0 aliphatic rings. The minimum atomic E-state index is 0.552. The zero-order valence-electron chi connectivity index (χ0n) is 17.7. The van der Waals surface area contributed by atoms with Crippen LogP contribution in [-0.4, -0.2) is 5.25 Å². The molecule has 2 atom stereocenters. The average Bonchev–Trinajstić information content (AvgIpc) is 2.60. The van der Waals surface area contributed by atoms with Gasteiger partial charge in [0.25, 0.3) is 0 Å². The van der Waals surface area contributed by atoms with Gasteiger partial charge in [0.05, 0.1) is 0 Å². The Morgan fingerprint density at radius 2 is 1.81 bits per heavy atom. The topological polar surface area (TPSA) is 0 Å². The molecule has 2 unspecified atom stereocenters. The van der Waals surface area contributed by atoms with E-state index < -0.39 is 0 Å². The largest absolute Gasteiger partial charge is 0.151 e. The van der Waals surface area contributed by atoms with E-state index >= 15 is 0 Å². The fourth-order valence-corrected chi connectivity index (χ4v) is 4.58. The van der Waals surface area contributed by atoms with E-state index in [4.69, 9.17) is 0 Å². The van der Waals surface area contributed by atoms with Gasteiger partial charge >= 0.3 is 0 Å². The Bertz CT molecular complexity index is 592. The summed E-state index contributed by atoms with van der Waals surface area (Å²) in [4.78, 5) is 0. The molecule has 0 N–H and O–H groups in total. The summed E-state index contributed by atoms with van der Waals surface area (Å²) in [5.41, 5.74) is 4.14. The first kappa shape index (κ1) is 22.8. The van der Waals surface area contributed by atoms with Gasteiger partial charge in [-0.1, -0.05) is 88.8 Å². The quantitative estimate of drug-likeness (QED) is 0.353. The number of allylic oxidation sites excluding steroid dienone is 6. The van der Waals surface area contributed by atoms with Gasteiger partial charge in [0.1, 0.15) is 0 Å². The smallest absolute Gasteiger partial charge is 0.0271 e. The molecule has 0 aromatic heterocycles. The van der Waals surface area contributed by atoms with E-state index in [0.29, 0.717) is 10.5 Å². The van der Waals surface area contributed by atoms with Crippen LogP contribution in [0.25, 0.3) is 0 Å². The van der Waals surface area contributed by atoms with Crippen LogP contribution in [0.4, 0.5) is 0 Å². The summed E-state index contributed by atoms with van der Waals surface area (Å²) in [6.45, 7) is 13.6. The van der Waals surface area contributed by atoms with Crippen LogP contribution in [0.1, 0.15) is 77.2 Å². The second-order valence-electron chi connectivity index (χ2n) is 7.55. The van der Waals surface area contributed by atoms with Crippen LogP contribution in [0.5, 0.6) is 0 Å². The number of unbranched alkanes of at least 4 members (excludes halogenated alkanes) is 1. The fourth-order valence-electron chi connectivity index (χ4n) is 3.08. The molecule has 1 aromatic carbocycles. The van der Waals surface area contributed by atoms with E-state index in [-0.39, 0.29) is 0 Å². The Morgan fingerprint density at radius 3 is 2.46 bits per heavy atom. The summed E-state index contributed by atoms with van der Waals surface area (Å²) in [7, 11) is 0. The molecule has 0 saturated carbocycles. The Kier molecular flexibility index (Phi) is 11.4. The summed E-state index contributed by atoms with van der Waals surface area (Å²) in [6, 6.07) is 9.11. The highest BCUT2D eigenvalue weighted by Gasteiger charge is 2.12. The molecule has 0 saturated heterocycles. The molecule has 1 heteroatoms. The summed E-state index contributed by atoms with van der Waals surface area (Å²) < 4.78 is 0. The number of hydrogen-bond donors (Lipinski definition) is 0. The van der Waals surface area contributed by atoms with Gasteiger partial charge < -0.3 is 0 Å². The van der Waals surface area contributed by atoms with Gasteiger partial charge in [0.15, 0.2) is 0 Å². The first-order valence-corrected chi connectivity index (χ1v) is 11.1. The lowest BCUT2D eigenvalue weighted by Gasteiger charge is -2.19. The van der Waals surface area contributed by atoms with Crippen molar-refractivity contribution in [1.29, 1.82) is 0 Å². The highest BCUT2D eigenvalue weighted by Crippen LogP contribution is 2.34. The van der Waals surface area contributed by atoms with E-state index in [1.54, 1.807) is 0 Å². The Balaban J connectivity index is 2.64. The van der Waals surface area contributed by atoms with Crippen molar-refractivity contribution in [2.45, 2.75) is 77.7 Å². The summed E-state index contributed by atoms with van der Waals surface area (Å²) >= 11 is 2.10. The molecule has 0 spiro atoms. The van der Waals surface area contributed by atoms with Crippen LogP contribution < -0.4 is 0 Å².